The first-order valence-electron chi connectivity index (χ1n) is 6.14. The number of hydrogen-bond acceptors (Lipinski definition) is 6. The molecule has 0 fully saturated rings. The van der Waals surface area contributed by atoms with Gasteiger partial charge in [0, 0.05) is 5.69 Å². The molecule has 2 aromatic heterocycles. The summed E-state index contributed by atoms with van der Waals surface area (Å²) in [5.74, 6) is 0.403. The van der Waals surface area contributed by atoms with E-state index in [1.54, 1.807) is 4.68 Å². The Labute approximate surface area is 111 Å². The number of methoxy groups -OCH3 is 2. The molecule has 19 heavy (non-hydrogen) atoms. The number of nitrogens with zero attached hydrogens (tertiary/aromatic N) is 5. The Balaban J connectivity index is 2.53. The molecule has 0 amide bonds. The second-order valence-corrected chi connectivity index (χ2v) is 3.85. The number of aromatic nitrogens is 5. The van der Waals surface area contributed by atoms with Crippen molar-refractivity contribution >= 4 is 0 Å². The lowest BCUT2D eigenvalue weighted by Gasteiger charge is -2.06. The van der Waals surface area contributed by atoms with Crippen molar-refractivity contribution in [2.45, 2.75) is 26.7 Å². The van der Waals surface area contributed by atoms with E-state index in [9.17, 15) is 0 Å². The topological polar surface area (TPSA) is 75.0 Å². The largest absolute Gasteiger partial charge is 0.467 e. The summed E-state index contributed by atoms with van der Waals surface area (Å²) in [6.07, 6.45) is 1.70. The molecule has 0 N–H and O–H groups in total. The van der Waals surface area contributed by atoms with Gasteiger partial charge in [0.25, 0.3) is 5.95 Å². The molecule has 0 saturated carbocycles. The summed E-state index contributed by atoms with van der Waals surface area (Å²) in [6, 6.07) is 2.46. The van der Waals surface area contributed by atoms with Gasteiger partial charge in [-0.3, -0.25) is 0 Å². The maximum atomic E-state index is 5.04. The molecule has 7 heteroatoms. The third kappa shape index (κ3) is 2.64. The smallest absolute Gasteiger partial charge is 0.324 e. The van der Waals surface area contributed by atoms with E-state index in [1.165, 1.54) is 14.2 Å². The number of hydrogen-bond donors (Lipinski definition) is 0. The monoisotopic (exact) mass is 263 g/mol. The van der Waals surface area contributed by atoms with Crippen molar-refractivity contribution in [3.8, 4) is 18.0 Å². The molecule has 0 spiro atoms. The summed E-state index contributed by atoms with van der Waals surface area (Å²) in [5, 5.41) is 4.47. The first-order valence-corrected chi connectivity index (χ1v) is 6.14. The minimum absolute atomic E-state index is 0.206. The third-order valence-corrected chi connectivity index (χ3v) is 2.70. The standard InChI is InChI=1S/C12H17N5O2/c1-5-8-7-9(6-2)17(16-8)10-13-11(18-3)15-12(14-10)19-4/h7H,5-6H2,1-4H3. The van der Waals surface area contributed by atoms with Crippen molar-refractivity contribution in [1.29, 1.82) is 0 Å². The van der Waals surface area contributed by atoms with Crippen LogP contribution in [0.5, 0.6) is 12.0 Å². The van der Waals surface area contributed by atoms with Crippen LogP contribution in [0.15, 0.2) is 6.07 Å². The molecule has 0 aliphatic heterocycles. The van der Waals surface area contributed by atoms with E-state index >= 15 is 0 Å². The molecule has 0 aromatic carbocycles. The van der Waals surface area contributed by atoms with Crippen LogP contribution in [0.2, 0.25) is 0 Å². The fourth-order valence-corrected chi connectivity index (χ4v) is 1.68. The van der Waals surface area contributed by atoms with Gasteiger partial charge in [-0.15, -0.1) is 4.98 Å². The van der Waals surface area contributed by atoms with Crippen LogP contribution in [0, 0.1) is 0 Å². The van der Waals surface area contributed by atoms with E-state index in [-0.39, 0.29) is 12.0 Å². The second kappa shape index (κ2) is 5.64. The van der Waals surface area contributed by atoms with Crippen molar-refractivity contribution in [3.05, 3.63) is 17.5 Å². The predicted octanol–water partition coefficient (Wildman–Crippen LogP) is 1.20. The summed E-state index contributed by atoms with van der Waals surface area (Å²) in [5.41, 5.74) is 2.03. The van der Waals surface area contributed by atoms with Crippen LogP contribution < -0.4 is 9.47 Å². The van der Waals surface area contributed by atoms with Crippen LogP contribution in [0.25, 0.3) is 5.95 Å². The van der Waals surface area contributed by atoms with Gasteiger partial charge < -0.3 is 9.47 Å². The van der Waals surface area contributed by atoms with Crippen molar-refractivity contribution < 1.29 is 9.47 Å². The van der Waals surface area contributed by atoms with Gasteiger partial charge in [0.05, 0.1) is 19.9 Å². The zero-order valence-electron chi connectivity index (χ0n) is 11.5. The Morgan fingerprint density at radius 2 is 1.63 bits per heavy atom. The van der Waals surface area contributed by atoms with Gasteiger partial charge in [0.2, 0.25) is 0 Å². The maximum Gasteiger partial charge on any atom is 0.324 e. The predicted molar refractivity (Wildman–Crippen MR) is 68.8 cm³/mol. The van der Waals surface area contributed by atoms with E-state index in [1.807, 2.05) is 6.07 Å². The van der Waals surface area contributed by atoms with E-state index in [4.69, 9.17) is 9.47 Å². The van der Waals surface area contributed by atoms with Crippen LogP contribution in [0.3, 0.4) is 0 Å². The SMILES string of the molecule is CCc1cc(CC)n(-c2nc(OC)nc(OC)n2)n1. The van der Waals surface area contributed by atoms with Crippen molar-refractivity contribution in [1.82, 2.24) is 24.7 Å². The van der Waals surface area contributed by atoms with Crippen molar-refractivity contribution in [2.24, 2.45) is 0 Å². The lowest BCUT2D eigenvalue weighted by Crippen LogP contribution is -2.10. The first-order chi connectivity index (χ1) is 9.21. The van der Waals surface area contributed by atoms with Crippen molar-refractivity contribution in [2.75, 3.05) is 14.2 Å². The molecule has 0 aliphatic carbocycles. The number of rotatable bonds is 5. The van der Waals surface area contributed by atoms with Gasteiger partial charge in [0.1, 0.15) is 0 Å². The molecule has 102 valence electrons. The maximum absolute atomic E-state index is 5.04. The molecule has 0 atom stereocenters. The Morgan fingerprint density at radius 1 is 1.00 bits per heavy atom. The third-order valence-electron chi connectivity index (χ3n) is 2.70. The lowest BCUT2D eigenvalue weighted by molar-refractivity contribution is 0.338. The van der Waals surface area contributed by atoms with Gasteiger partial charge >= 0.3 is 12.0 Å². The summed E-state index contributed by atoms with van der Waals surface area (Å²) < 4.78 is 11.8. The average molecular weight is 263 g/mol. The Kier molecular flexibility index (Phi) is 3.94. The zero-order valence-corrected chi connectivity index (χ0v) is 11.5. The van der Waals surface area contributed by atoms with Gasteiger partial charge in [-0.1, -0.05) is 13.8 Å². The number of aryl methyl sites for hydroxylation is 2. The van der Waals surface area contributed by atoms with Gasteiger partial charge in [-0.25, -0.2) is 4.68 Å². The molecule has 0 bridgehead atoms. The molecule has 2 heterocycles. The number of ether oxygens (including phenoxy) is 2. The minimum atomic E-state index is 0.206. The molecule has 0 unspecified atom stereocenters. The fourth-order valence-electron chi connectivity index (χ4n) is 1.68. The van der Waals surface area contributed by atoms with Crippen LogP contribution in [0.1, 0.15) is 25.2 Å². The molecule has 0 saturated heterocycles. The minimum Gasteiger partial charge on any atom is -0.467 e. The average Bonchev–Trinajstić information content (AvgIpc) is 2.90. The van der Waals surface area contributed by atoms with Crippen LogP contribution in [-0.4, -0.2) is 39.0 Å². The zero-order chi connectivity index (χ0) is 13.8. The highest BCUT2D eigenvalue weighted by Gasteiger charge is 2.13. The quantitative estimate of drug-likeness (QED) is 0.807. The fraction of sp³-hybridized carbons (Fsp3) is 0.500. The van der Waals surface area contributed by atoms with Gasteiger partial charge in [-0.05, 0) is 18.9 Å². The van der Waals surface area contributed by atoms with E-state index in [0.29, 0.717) is 5.95 Å². The first kappa shape index (κ1) is 13.3. The van der Waals surface area contributed by atoms with E-state index < -0.39 is 0 Å². The molecule has 2 rings (SSSR count). The second-order valence-electron chi connectivity index (χ2n) is 3.85. The summed E-state index contributed by atoms with van der Waals surface area (Å²) in [4.78, 5) is 12.4. The molecular weight excluding hydrogens is 246 g/mol. The van der Waals surface area contributed by atoms with Gasteiger partial charge in [-0.2, -0.15) is 15.1 Å². The summed E-state index contributed by atoms with van der Waals surface area (Å²) in [6.45, 7) is 4.11. The van der Waals surface area contributed by atoms with Crippen LogP contribution >= 0.6 is 0 Å². The van der Waals surface area contributed by atoms with Crippen LogP contribution in [0.4, 0.5) is 0 Å². The Morgan fingerprint density at radius 3 is 2.11 bits per heavy atom. The molecule has 7 nitrogen and oxygen atoms in total. The molecular formula is C12H17N5O2. The molecule has 2 aromatic rings. The summed E-state index contributed by atoms with van der Waals surface area (Å²) >= 11 is 0. The summed E-state index contributed by atoms with van der Waals surface area (Å²) in [7, 11) is 3.00. The molecule has 0 radical (unpaired) electrons. The van der Waals surface area contributed by atoms with E-state index in [0.717, 1.165) is 24.2 Å². The highest BCUT2D eigenvalue weighted by atomic mass is 16.5. The molecule has 0 aliphatic rings. The van der Waals surface area contributed by atoms with Crippen molar-refractivity contribution in [3.63, 3.8) is 0 Å². The Bertz CT molecular complexity index is 545. The van der Waals surface area contributed by atoms with Crippen LogP contribution in [-0.2, 0) is 12.8 Å². The van der Waals surface area contributed by atoms with E-state index in [2.05, 4.69) is 33.9 Å². The Hall–Kier alpha value is -2.18. The highest BCUT2D eigenvalue weighted by Crippen LogP contribution is 2.15. The van der Waals surface area contributed by atoms with Gasteiger partial charge in [0.15, 0.2) is 0 Å². The normalized spacial score (nSPS) is 10.5. The highest BCUT2D eigenvalue weighted by molar-refractivity contribution is 5.23. The lowest BCUT2D eigenvalue weighted by atomic mass is 10.3.